The summed E-state index contributed by atoms with van der Waals surface area (Å²) >= 11 is 0. The van der Waals surface area contributed by atoms with Crippen LogP contribution in [0.1, 0.15) is 30.5 Å². The fraction of sp³-hybridized carbons (Fsp3) is 0.261. The van der Waals surface area contributed by atoms with Crippen molar-refractivity contribution in [2.24, 2.45) is 5.92 Å². The number of nitrogen functional groups attached to an aromatic ring is 1. The summed E-state index contributed by atoms with van der Waals surface area (Å²) < 4.78 is 14.6. The maximum atomic E-state index is 14.6. The van der Waals surface area contributed by atoms with Crippen molar-refractivity contribution >= 4 is 22.3 Å². The van der Waals surface area contributed by atoms with Gasteiger partial charge in [0.15, 0.2) is 5.82 Å². The molecule has 2 unspecified atom stereocenters. The molecule has 2 atom stereocenters. The molecule has 8 heteroatoms. The number of nitrogens with one attached hydrogen (secondary N) is 1. The fourth-order valence-corrected chi connectivity index (χ4v) is 3.58. The molecular weight excluding hydrogens is 418 g/mol. The Bertz CT molecular complexity index is 1180. The molecule has 0 bridgehead atoms. The zero-order valence-corrected chi connectivity index (χ0v) is 21.3. The van der Waals surface area contributed by atoms with Gasteiger partial charge in [0.2, 0.25) is 0 Å². The minimum Gasteiger partial charge on any atom is -0.469 e. The second-order valence-corrected chi connectivity index (χ2v) is 7.66. The molecule has 154 valence electrons. The Morgan fingerprint density at radius 3 is 2.55 bits per heavy atom. The van der Waals surface area contributed by atoms with E-state index in [2.05, 4.69) is 38.5 Å². The van der Waals surface area contributed by atoms with Crippen molar-refractivity contribution in [1.29, 1.82) is 0 Å². The summed E-state index contributed by atoms with van der Waals surface area (Å²) in [6.07, 6.45) is 8.03. The maximum absolute atomic E-state index is 14.6. The minimum atomic E-state index is -0.443. The summed E-state index contributed by atoms with van der Waals surface area (Å²) in [6, 6.07) is 7.46. The van der Waals surface area contributed by atoms with Gasteiger partial charge in [-0.05, 0) is 48.4 Å². The average Bonchev–Trinajstić information content (AvgIpc) is 3.25. The third-order valence-corrected chi connectivity index (χ3v) is 5.57. The van der Waals surface area contributed by atoms with Gasteiger partial charge in [0.1, 0.15) is 0 Å². The Hall–Kier alpha value is -1.84. The van der Waals surface area contributed by atoms with Crippen LogP contribution >= 0.6 is 0 Å². The molecule has 0 radical (unpaired) electrons. The van der Waals surface area contributed by atoms with Crippen LogP contribution in [0.2, 0.25) is 0 Å². The Kier molecular flexibility index (Phi) is 7.82. The summed E-state index contributed by atoms with van der Waals surface area (Å²) in [5, 5.41) is 12.3. The van der Waals surface area contributed by atoms with E-state index in [1.54, 1.807) is 37.8 Å². The molecular formula is C23H24FKN6. The number of aryl methyl sites for hydroxylation is 1. The van der Waals surface area contributed by atoms with Crippen LogP contribution in [0.4, 0.5) is 15.9 Å². The summed E-state index contributed by atoms with van der Waals surface area (Å²) in [6.45, 7) is 4.18. The SMILES string of the molecule is CC1CC1c1ccn[nH]1.C[N-]c1cc2cc(-c3cnccc3C)c(F)c(N)c2cn1.[K+]. The summed E-state index contributed by atoms with van der Waals surface area (Å²) in [7, 11) is 1.66. The summed E-state index contributed by atoms with van der Waals surface area (Å²) in [5.41, 5.74) is 9.45. The number of H-pyrrole nitrogens is 1. The Morgan fingerprint density at radius 1 is 1.16 bits per heavy atom. The molecule has 3 aromatic heterocycles. The third kappa shape index (κ3) is 5.15. The molecule has 0 amide bonds. The molecule has 0 spiro atoms. The van der Waals surface area contributed by atoms with Crippen molar-refractivity contribution in [1.82, 2.24) is 20.2 Å². The van der Waals surface area contributed by atoms with Crippen molar-refractivity contribution in [3.8, 4) is 11.1 Å². The average molecular weight is 443 g/mol. The van der Waals surface area contributed by atoms with Crippen molar-refractivity contribution in [3.05, 3.63) is 71.4 Å². The van der Waals surface area contributed by atoms with Gasteiger partial charge < -0.3 is 16.0 Å². The van der Waals surface area contributed by atoms with Gasteiger partial charge in [0.05, 0.1) is 5.69 Å². The molecule has 1 fully saturated rings. The van der Waals surface area contributed by atoms with E-state index < -0.39 is 5.82 Å². The van der Waals surface area contributed by atoms with Gasteiger partial charge in [-0.25, -0.2) is 4.39 Å². The van der Waals surface area contributed by atoms with Gasteiger partial charge in [0.25, 0.3) is 0 Å². The number of hydrogen-bond acceptors (Lipinski definition) is 4. The molecule has 0 saturated heterocycles. The van der Waals surface area contributed by atoms with Gasteiger partial charge in [-0.3, -0.25) is 10.1 Å². The number of nitrogens with two attached hydrogens (primary N) is 1. The van der Waals surface area contributed by atoms with E-state index in [1.807, 2.05) is 19.2 Å². The first-order valence-electron chi connectivity index (χ1n) is 9.87. The van der Waals surface area contributed by atoms with Gasteiger partial charge >= 0.3 is 51.4 Å². The number of benzene rings is 1. The molecule has 1 aliphatic carbocycles. The van der Waals surface area contributed by atoms with Crippen molar-refractivity contribution in [2.75, 3.05) is 12.8 Å². The van der Waals surface area contributed by atoms with E-state index >= 15 is 0 Å². The number of pyridine rings is 2. The Labute approximate surface area is 223 Å². The van der Waals surface area contributed by atoms with Crippen molar-refractivity contribution < 1.29 is 55.8 Å². The minimum absolute atomic E-state index is 0. The molecule has 3 heterocycles. The molecule has 6 nitrogen and oxygen atoms in total. The number of aromatic nitrogens is 4. The molecule has 1 aromatic carbocycles. The molecule has 1 aliphatic rings. The third-order valence-electron chi connectivity index (χ3n) is 5.57. The number of hydrogen-bond donors (Lipinski definition) is 2. The number of rotatable bonds is 3. The van der Waals surface area contributed by atoms with E-state index in [-0.39, 0.29) is 57.1 Å². The second kappa shape index (κ2) is 10.2. The monoisotopic (exact) mass is 442 g/mol. The second-order valence-electron chi connectivity index (χ2n) is 7.66. The quantitative estimate of drug-likeness (QED) is 0.376. The van der Waals surface area contributed by atoms with Gasteiger partial charge in [-0.15, -0.1) is 0 Å². The predicted molar refractivity (Wildman–Crippen MR) is 118 cm³/mol. The van der Waals surface area contributed by atoms with Crippen LogP contribution in [0, 0.1) is 18.7 Å². The van der Waals surface area contributed by atoms with Crippen molar-refractivity contribution in [3.63, 3.8) is 0 Å². The number of halogens is 1. The van der Waals surface area contributed by atoms with E-state index in [0.29, 0.717) is 16.8 Å². The van der Waals surface area contributed by atoms with Crippen LogP contribution in [0.5, 0.6) is 0 Å². The number of aromatic amines is 1. The first-order valence-corrected chi connectivity index (χ1v) is 9.87. The number of anilines is 1. The summed E-state index contributed by atoms with van der Waals surface area (Å²) in [4.78, 5) is 8.19. The Morgan fingerprint density at radius 2 is 1.94 bits per heavy atom. The normalized spacial score (nSPS) is 16.8. The van der Waals surface area contributed by atoms with E-state index in [0.717, 1.165) is 28.3 Å². The molecule has 31 heavy (non-hydrogen) atoms. The summed E-state index contributed by atoms with van der Waals surface area (Å²) in [5.74, 6) is 1.81. The fourth-order valence-electron chi connectivity index (χ4n) is 3.58. The molecule has 4 aromatic rings. The van der Waals surface area contributed by atoms with Gasteiger partial charge in [-0.2, -0.15) is 5.10 Å². The number of fused-ring (bicyclic) bond motifs is 1. The molecule has 1 saturated carbocycles. The topological polar surface area (TPSA) is 94.6 Å². The van der Waals surface area contributed by atoms with Crippen LogP contribution < -0.4 is 57.1 Å². The number of nitrogens with zero attached hydrogens (tertiary/aromatic N) is 4. The molecule has 0 aliphatic heterocycles. The zero-order chi connectivity index (χ0) is 21.3. The van der Waals surface area contributed by atoms with Crippen LogP contribution in [-0.2, 0) is 0 Å². The predicted octanol–water partition coefficient (Wildman–Crippen LogP) is 2.50. The standard InChI is InChI=1S/C16H14FN4.C7H10N2.K/c1-9-3-4-20-7-12(9)11-5-10-6-14(19-2)21-8-13(10)16(18)15(11)17;1-5-4-6(5)7-2-3-8-9-7;/h3-8H,18H2,1-2H3;2-3,5-6H,4H2,1H3,(H,8,9);/q-1;;+1. The smallest absolute Gasteiger partial charge is 0.469 e. The van der Waals surface area contributed by atoms with Gasteiger partial charge in [-0.1, -0.05) is 32.1 Å². The van der Waals surface area contributed by atoms with Gasteiger partial charge in [0, 0.05) is 46.7 Å². The van der Waals surface area contributed by atoms with Crippen molar-refractivity contribution in [2.45, 2.75) is 26.2 Å². The zero-order valence-electron chi connectivity index (χ0n) is 18.2. The first kappa shape index (κ1) is 23.8. The Balaban J connectivity index is 0.000000227. The largest absolute Gasteiger partial charge is 1.00 e. The van der Waals surface area contributed by atoms with E-state index in [4.69, 9.17) is 5.73 Å². The maximum Gasteiger partial charge on any atom is 1.00 e. The van der Waals surface area contributed by atoms with Crippen LogP contribution in [0.15, 0.2) is 49.1 Å². The van der Waals surface area contributed by atoms with E-state index in [9.17, 15) is 4.39 Å². The first-order chi connectivity index (χ1) is 14.5. The van der Waals surface area contributed by atoms with E-state index in [1.165, 1.54) is 12.1 Å². The van der Waals surface area contributed by atoms with Crippen LogP contribution in [0.25, 0.3) is 27.2 Å². The molecule has 5 rings (SSSR count). The van der Waals surface area contributed by atoms with Crippen LogP contribution in [-0.4, -0.2) is 27.2 Å². The molecule has 3 N–H and O–H groups in total. The van der Waals surface area contributed by atoms with Crippen LogP contribution in [0.3, 0.4) is 0 Å².